The van der Waals surface area contributed by atoms with E-state index in [4.69, 9.17) is 0 Å². The van der Waals surface area contributed by atoms with Gasteiger partial charge in [0, 0.05) is 0 Å². The van der Waals surface area contributed by atoms with Gasteiger partial charge in [0.2, 0.25) is 0 Å². The maximum absolute atomic E-state index is 2.51. The molecule has 0 aliphatic heterocycles. The van der Waals surface area contributed by atoms with Gasteiger partial charge in [0.1, 0.15) is 0 Å². The second-order valence-electron chi connectivity index (χ2n) is 17.9. The zero-order valence-electron chi connectivity index (χ0n) is 36.9. The highest BCUT2D eigenvalue weighted by Crippen LogP contribution is 2.57. The SMILES string of the molecule is c1ccc(-c2cc(-c3ccccc3)cc(-c3ccc(-c4c5ccccc5c(-c5ccc6c(c5)C(c5ccccc5)(c5ccccc5)c5ccccc5-6)c5ccccc45)c4ccccc34)c2)cc1. The minimum absolute atomic E-state index is 0.487. The summed E-state index contributed by atoms with van der Waals surface area (Å²) in [7, 11) is 0. The van der Waals surface area contributed by atoms with Gasteiger partial charge in [-0.05, 0) is 146 Å². The molecule has 0 N–H and O–H groups in total. The zero-order valence-corrected chi connectivity index (χ0v) is 36.9. The lowest BCUT2D eigenvalue weighted by Crippen LogP contribution is -2.28. The van der Waals surface area contributed by atoms with Gasteiger partial charge in [0.15, 0.2) is 0 Å². The highest BCUT2D eigenvalue weighted by molar-refractivity contribution is 6.24. The van der Waals surface area contributed by atoms with Crippen molar-refractivity contribution in [3.05, 3.63) is 289 Å². The standard InChI is InChI=1S/C67H44/c1-5-21-45(22-6-1)48-41-49(46-23-7-2-8-24-46)43-50(42-48)53-39-40-62(55-30-14-13-29-54(53)55)66-60-34-17-15-32-58(60)65(59-33-16-18-35-61(59)66)47-37-38-57-56-31-19-20-36-63(56)67(64(57)44-47,51-25-9-3-10-26-51)52-27-11-4-12-28-52/h1-44H. The molecule has 12 aromatic rings. The molecular formula is C67H44. The maximum atomic E-state index is 2.51. The number of fused-ring (bicyclic) bond motifs is 6. The fourth-order valence-electron chi connectivity index (χ4n) is 11.5. The molecule has 12 aromatic carbocycles. The molecule has 0 heteroatoms. The average Bonchev–Trinajstić information content (AvgIpc) is 3.71. The molecule has 0 saturated carbocycles. The van der Waals surface area contributed by atoms with Crippen LogP contribution >= 0.6 is 0 Å². The van der Waals surface area contributed by atoms with Crippen molar-refractivity contribution in [2.75, 3.05) is 0 Å². The van der Waals surface area contributed by atoms with Crippen LogP contribution in [0.2, 0.25) is 0 Å². The molecule has 0 radical (unpaired) electrons. The second kappa shape index (κ2) is 15.8. The second-order valence-corrected chi connectivity index (χ2v) is 17.9. The minimum atomic E-state index is -0.487. The van der Waals surface area contributed by atoms with E-state index in [1.807, 2.05) is 0 Å². The van der Waals surface area contributed by atoms with Crippen LogP contribution in [-0.2, 0) is 5.41 Å². The monoisotopic (exact) mass is 848 g/mol. The van der Waals surface area contributed by atoms with E-state index in [2.05, 4.69) is 267 Å². The largest absolute Gasteiger partial charge is 0.0713 e. The normalized spacial score (nSPS) is 12.6. The minimum Gasteiger partial charge on any atom is -0.0622 e. The van der Waals surface area contributed by atoms with Crippen LogP contribution in [0.3, 0.4) is 0 Å². The highest BCUT2D eigenvalue weighted by atomic mass is 14.5. The van der Waals surface area contributed by atoms with E-state index in [-0.39, 0.29) is 0 Å². The van der Waals surface area contributed by atoms with E-state index in [1.165, 1.54) is 121 Å². The summed E-state index contributed by atoms with van der Waals surface area (Å²) in [5, 5.41) is 7.44. The van der Waals surface area contributed by atoms with Gasteiger partial charge in [-0.2, -0.15) is 0 Å². The Bertz CT molecular complexity index is 3670. The smallest absolute Gasteiger partial charge is 0.0622 e. The van der Waals surface area contributed by atoms with E-state index in [0.717, 1.165) is 0 Å². The highest BCUT2D eigenvalue weighted by Gasteiger charge is 2.46. The first-order chi connectivity index (χ1) is 33.3. The van der Waals surface area contributed by atoms with Gasteiger partial charge < -0.3 is 0 Å². The molecule has 0 unspecified atom stereocenters. The molecule has 0 atom stereocenters. The van der Waals surface area contributed by atoms with Gasteiger partial charge in [-0.25, -0.2) is 0 Å². The summed E-state index contributed by atoms with van der Waals surface area (Å²) in [6, 6.07) is 99.0. The van der Waals surface area contributed by atoms with Gasteiger partial charge >= 0.3 is 0 Å². The topological polar surface area (TPSA) is 0 Å². The first kappa shape index (κ1) is 38.8. The molecule has 0 amide bonds. The Morgan fingerprint density at radius 2 is 0.582 bits per heavy atom. The first-order valence-corrected chi connectivity index (χ1v) is 23.3. The lowest BCUT2D eigenvalue weighted by molar-refractivity contribution is 0.769. The molecule has 0 heterocycles. The Balaban J connectivity index is 1.04. The summed E-state index contributed by atoms with van der Waals surface area (Å²) in [6.45, 7) is 0. The summed E-state index contributed by atoms with van der Waals surface area (Å²) in [5.41, 5.74) is 19.5. The summed E-state index contributed by atoms with van der Waals surface area (Å²) in [5.74, 6) is 0. The van der Waals surface area contributed by atoms with Crippen molar-refractivity contribution >= 4 is 32.3 Å². The summed E-state index contributed by atoms with van der Waals surface area (Å²) < 4.78 is 0. The van der Waals surface area contributed by atoms with Crippen LogP contribution in [0.1, 0.15) is 22.3 Å². The third-order valence-corrected chi connectivity index (χ3v) is 14.3. The molecule has 0 saturated heterocycles. The summed E-state index contributed by atoms with van der Waals surface area (Å²) in [4.78, 5) is 0. The van der Waals surface area contributed by atoms with Crippen molar-refractivity contribution in [1.29, 1.82) is 0 Å². The van der Waals surface area contributed by atoms with E-state index < -0.39 is 5.41 Å². The number of hydrogen-bond acceptors (Lipinski definition) is 0. The Morgan fingerprint density at radius 3 is 1.13 bits per heavy atom. The van der Waals surface area contributed by atoms with Crippen molar-refractivity contribution < 1.29 is 0 Å². The quantitative estimate of drug-likeness (QED) is 0.140. The van der Waals surface area contributed by atoms with Crippen LogP contribution in [0.25, 0.3) is 99.1 Å². The molecule has 0 bridgehead atoms. The van der Waals surface area contributed by atoms with Crippen molar-refractivity contribution in [2.45, 2.75) is 5.41 Å². The number of hydrogen-bond donors (Lipinski definition) is 0. The Morgan fingerprint density at radius 1 is 0.194 bits per heavy atom. The number of benzene rings is 12. The molecule has 0 fully saturated rings. The molecule has 0 spiro atoms. The van der Waals surface area contributed by atoms with Gasteiger partial charge in [-0.15, -0.1) is 0 Å². The molecule has 1 aliphatic rings. The van der Waals surface area contributed by atoms with Crippen molar-refractivity contribution in [1.82, 2.24) is 0 Å². The third kappa shape index (κ3) is 6.14. The summed E-state index contributed by atoms with van der Waals surface area (Å²) >= 11 is 0. The van der Waals surface area contributed by atoms with Crippen molar-refractivity contribution in [3.8, 4) is 66.8 Å². The Labute approximate surface area is 391 Å². The van der Waals surface area contributed by atoms with Crippen LogP contribution in [0.15, 0.2) is 267 Å². The van der Waals surface area contributed by atoms with Crippen LogP contribution in [0, 0.1) is 0 Å². The Hall–Kier alpha value is -8.58. The molecule has 312 valence electrons. The molecular weight excluding hydrogens is 805 g/mol. The van der Waals surface area contributed by atoms with Crippen LogP contribution in [0.5, 0.6) is 0 Å². The molecule has 1 aliphatic carbocycles. The van der Waals surface area contributed by atoms with Crippen molar-refractivity contribution in [3.63, 3.8) is 0 Å². The average molecular weight is 849 g/mol. The molecule has 13 rings (SSSR count). The molecule has 0 aromatic heterocycles. The fourth-order valence-corrected chi connectivity index (χ4v) is 11.5. The number of rotatable bonds is 7. The van der Waals surface area contributed by atoms with Crippen LogP contribution < -0.4 is 0 Å². The predicted octanol–water partition coefficient (Wildman–Crippen LogP) is 17.8. The van der Waals surface area contributed by atoms with Crippen LogP contribution in [-0.4, -0.2) is 0 Å². The summed E-state index contributed by atoms with van der Waals surface area (Å²) in [6.07, 6.45) is 0. The third-order valence-electron chi connectivity index (χ3n) is 14.3. The van der Waals surface area contributed by atoms with E-state index in [1.54, 1.807) is 0 Å². The lowest BCUT2D eigenvalue weighted by atomic mass is 9.67. The lowest BCUT2D eigenvalue weighted by Gasteiger charge is -2.34. The van der Waals surface area contributed by atoms with Gasteiger partial charge in [-0.3, -0.25) is 0 Å². The zero-order chi connectivity index (χ0) is 44.3. The van der Waals surface area contributed by atoms with Crippen molar-refractivity contribution in [2.24, 2.45) is 0 Å². The predicted molar refractivity (Wildman–Crippen MR) is 283 cm³/mol. The fraction of sp³-hybridized carbons (Fsp3) is 0.0149. The van der Waals surface area contributed by atoms with Crippen LogP contribution in [0.4, 0.5) is 0 Å². The molecule has 67 heavy (non-hydrogen) atoms. The molecule has 0 nitrogen and oxygen atoms in total. The van der Waals surface area contributed by atoms with Gasteiger partial charge in [0.25, 0.3) is 0 Å². The maximum Gasteiger partial charge on any atom is 0.0713 e. The van der Waals surface area contributed by atoms with Gasteiger partial charge in [-0.1, -0.05) is 243 Å². The van der Waals surface area contributed by atoms with E-state index in [9.17, 15) is 0 Å². The first-order valence-electron chi connectivity index (χ1n) is 23.3. The Kier molecular flexibility index (Phi) is 9.18. The van der Waals surface area contributed by atoms with Gasteiger partial charge in [0.05, 0.1) is 5.41 Å². The van der Waals surface area contributed by atoms with E-state index >= 15 is 0 Å². The van der Waals surface area contributed by atoms with E-state index in [0.29, 0.717) is 0 Å².